The van der Waals surface area contributed by atoms with Crippen molar-refractivity contribution in [3.8, 4) is 0 Å². The first kappa shape index (κ1) is 78.4. The van der Waals surface area contributed by atoms with Crippen molar-refractivity contribution >= 4 is 17.9 Å². The van der Waals surface area contributed by atoms with Gasteiger partial charge in [-0.25, -0.2) is 0 Å². The Kier molecular flexibility index (Phi) is 67.6. The smallest absolute Gasteiger partial charge is 0.306 e. The summed E-state index contributed by atoms with van der Waals surface area (Å²) in [4.78, 5) is 38.0. The predicted molar refractivity (Wildman–Crippen MR) is 353 cm³/mol. The maximum absolute atomic E-state index is 12.8. The van der Waals surface area contributed by atoms with Gasteiger partial charge in [0.2, 0.25) is 0 Å². The summed E-state index contributed by atoms with van der Waals surface area (Å²) in [6.07, 6.45) is 89.4. The van der Waals surface area contributed by atoms with Crippen LogP contribution in [-0.2, 0) is 28.6 Å². The Morgan fingerprint density at radius 3 is 0.753 bits per heavy atom. The molecule has 0 aromatic rings. The van der Waals surface area contributed by atoms with Crippen molar-refractivity contribution in [3.63, 3.8) is 0 Å². The van der Waals surface area contributed by atoms with E-state index < -0.39 is 6.10 Å². The number of hydrogen-bond acceptors (Lipinski definition) is 6. The third-order valence-corrected chi connectivity index (χ3v) is 16.3. The van der Waals surface area contributed by atoms with E-state index in [9.17, 15) is 14.4 Å². The minimum Gasteiger partial charge on any atom is -0.462 e. The second-order valence-corrected chi connectivity index (χ2v) is 24.5. The number of ether oxygens (including phenoxy) is 3. The van der Waals surface area contributed by atoms with Gasteiger partial charge in [0, 0.05) is 19.3 Å². The van der Waals surface area contributed by atoms with Crippen LogP contribution in [0.15, 0.2) is 48.6 Å². The molecule has 0 bridgehead atoms. The lowest BCUT2D eigenvalue weighted by atomic mass is 10.0. The molecule has 0 amide bonds. The molecule has 474 valence electrons. The fourth-order valence-corrected chi connectivity index (χ4v) is 11.0. The van der Waals surface area contributed by atoms with Gasteiger partial charge in [-0.15, -0.1) is 0 Å². The van der Waals surface area contributed by atoms with Crippen molar-refractivity contribution in [2.24, 2.45) is 0 Å². The molecule has 0 radical (unpaired) electrons. The number of esters is 3. The van der Waals surface area contributed by atoms with E-state index >= 15 is 0 Å². The third kappa shape index (κ3) is 68.0. The molecule has 81 heavy (non-hydrogen) atoms. The maximum atomic E-state index is 12.8. The summed E-state index contributed by atoms with van der Waals surface area (Å²) in [6.45, 7) is 6.50. The van der Waals surface area contributed by atoms with Gasteiger partial charge in [-0.05, 0) is 57.8 Å². The van der Waals surface area contributed by atoms with Gasteiger partial charge in [0.05, 0.1) is 0 Å². The zero-order chi connectivity index (χ0) is 58.5. The van der Waals surface area contributed by atoms with Gasteiger partial charge in [0.25, 0.3) is 0 Å². The van der Waals surface area contributed by atoms with Crippen LogP contribution in [0.1, 0.15) is 393 Å². The third-order valence-electron chi connectivity index (χ3n) is 16.3. The molecule has 0 aliphatic carbocycles. The van der Waals surface area contributed by atoms with Crippen LogP contribution in [0, 0.1) is 0 Å². The Labute approximate surface area is 505 Å². The fraction of sp³-hybridized carbons (Fsp3) is 0.853. The average molecular weight is 1140 g/mol. The molecular formula is C75H138O6. The Bertz CT molecular complexity index is 1400. The predicted octanol–water partition coefficient (Wildman–Crippen LogP) is 24.9. The Morgan fingerprint density at radius 2 is 0.481 bits per heavy atom. The SMILES string of the molecule is CC/C=C\C/C=C\C/C=C\C/C=C\CCCCCCCCCCCCC(=O)OC(COC(=O)CCCCCCC)COC(=O)CCCCCCCCCCCCCCCCCCCCCCCCCCCCCCCCCCCCC. The normalized spacial score (nSPS) is 12.3. The first-order chi connectivity index (χ1) is 40.0. The molecule has 1 unspecified atom stereocenters. The summed E-state index contributed by atoms with van der Waals surface area (Å²) in [7, 11) is 0. The van der Waals surface area contributed by atoms with Crippen LogP contribution in [0.3, 0.4) is 0 Å². The monoisotopic (exact) mass is 1140 g/mol. The van der Waals surface area contributed by atoms with Crippen molar-refractivity contribution in [2.45, 2.75) is 399 Å². The van der Waals surface area contributed by atoms with E-state index in [0.717, 1.165) is 89.9 Å². The molecule has 0 fully saturated rings. The fourth-order valence-electron chi connectivity index (χ4n) is 11.0. The van der Waals surface area contributed by atoms with Gasteiger partial charge < -0.3 is 14.2 Å². The largest absolute Gasteiger partial charge is 0.462 e. The first-order valence-corrected chi connectivity index (χ1v) is 36.1. The van der Waals surface area contributed by atoms with E-state index in [1.807, 2.05) is 0 Å². The average Bonchev–Trinajstić information content (AvgIpc) is 3.47. The van der Waals surface area contributed by atoms with Gasteiger partial charge in [-0.3, -0.25) is 14.4 Å². The van der Waals surface area contributed by atoms with E-state index in [1.165, 1.54) is 263 Å². The number of carbonyl (C=O) groups excluding carboxylic acids is 3. The quantitative estimate of drug-likeness (QED) is 0.0261. The molecule has 0 heterocycles. The van der Waals surface area contributed by atoms with Crippen LogP contribution < -0.4 is 0 Å². The lowest BCUT2D eigenvalue weighted by Gasteiger charge is -2.18. The Hall–Kier alpha value is -2.63. The number of unbranched alkanes of at least 4 members (excludes halogenated alkanes) is 48. The zero-order valence-corrected chi connectivity index (χ0v) is 54.6. The highest BCUT2D eigenvalue weighted by Crippen LogP contribution is 2.19. The first-order valence-electron chi connectivity index (χ1n) is 36.1. The molecule has 1 atom stereocenters. The minimum absolute atomic E-state index is 0.0710. The lowest BCUT2D eigenvalue weighted by Crippen LogP contribution is -2.30. The molecule has 0 N–H and O–H groups in total. The van der Waals surface area contributed by atoms with E-state index in [-0.39, 0.29) is 31.1 Å². The van der Waals surface area contributed by atoms with Crippen LogP contribution in [0.25, 0.3) is 0 Å². The van der Waals surface area contributed by atoms with Gasteiger partial charge in [-0.1, -0.05) is 365 Å². The number of rotatable bonds is 67. The molecule has 0 saturated heterocycles. The zero-order valence-electron chi connectivity index (χ0n) is 54.6. The van der Waals surface area contributed by atoms with Gasteiger partial charge in [-0.2, -0.15) is 0 Å². The molecule has 0 saturated carbocycles. The second kappa shape index (κ2) is 69.9. The van der Waals surface area contributed by atoms with Crippen LogP contribution in [0.2, 0.25) is 0 Å². The molecule has 0 aromatic heterocycles. The molecule has 0 spiro atoms. The van der Waals surface area contributed by atoms with Crippen LogP contribution in [0.5, 0.6) is 0 Å². The van der Waals surface area contributed by atoms with E-state index in [2.05, 4.69) is 69.4 Å². The molecule has 0 aliphatic heterocycles. The maximum Gasteiger partial charge on any atom is 0.306 e. The summed E-state index contributed by atoms with van der Waals surface area (Å²) in [5, 5.41) is 0. The molecular weight excluding hydrogens is 997 g/mol. The van der Waals surface area contributed by atoms with Crippen LogP contribution >= 0.6 is 0 Å². The summed E-state index contributed by atoms with van der Waals surface area (Å²) in [5.74, 6) is -0.868. The Morgan fingerprint density at radius 1 is 0.259 bits per heavy atom. The van der Waals surface area contributed by atoms with Gasteiger partial charge in [0.1, 0.15) is 13.2 Å². The second-order valence-electron chi connectivity index (χ2n) is 24.5. The van der Waals surface area contributed by atoms with Crippen molar-refractivity contribution in [1.82, 2.24) is 0 Å². The number of allylic oxidation sites excluding steroid dienone is 8. The minimum atomic E-state index is -0.771. The number of hydrogen-bond donors (Lipinski definition) is 0. The van der Waals surface area contributed by atoms with Crippen molar-refractivity contribution in [3.05, 3.63) is 48.6 Å². The van der Waals surface area contributed by atoms with Crippen LogP contribution in [-0.4, -0.2) is 37.2 Å². The summed E-state index contributed by atoms with van der Waals surface area (Å²) in [5.41, 5.74) is 0. The van der Waals surface area contributed by atoms with E-state index in [4.69, 9.17) is 14.2 Å². The van der Waals surface area contributed by atoms with Crippen molar-refractivity contribution in [1.29, 1.82) is 0 Å². The van der Waals surface area contributed by atoms with Crippen molar-refractivity contribution in [2.75, 3.05) is 13.2 Å². The summed E-state index contributed by atoms with van der Waals surface area (Å²) < 4.78 is 16.8. The van der Waals surface area contributed by atoms with E-state index in [0.29, 0.717) is 19.3 Å². The summed E-state index contributed by atoms with van der Waals surface area (Å²) in [6, 6.07) is 0. The van der Waals surface area contributed by atoms with E-state index in [1.54, 1.807) is 0 Å². The molecule has 0 aromatic carbocycles. The molecule has 6 heteroatoms. The number of carbonyl (C=O) groups is 3. The molecule has 0 rings (SSSR count). The molecule has 0 aliphatic rings. The highest BCUT2D eigenvalue weighted by atomic mass is 16.6. The Balaban J connectivity index is 3.87. The highest BCUT2D eigenvalue weighted by Gasteiger charge is 2.19. The van der Waals surface area contributed by atoms with Crippen LogP contribution in [0.4, 0.5) is 0 Å². The highest BCUT2D eigenvalue weighted by molar-refractivity contribution is 5.71. The summed E-state index contributed by atoms with van der Waals surface area (Å²) >= 11 is 0. The standard InChI is InChI=1S/C75H138O6/c1-4-7-10-13-15-17-19-21-23-25-27-29-31-32-33-34-35-36-37-38-39-40-41-42-44-45-47-49-51-53-55-57-59-62-65-68-74(77)80-71-72(70-79-73(76)67-64-61-12-9-6-3)81-75(78)69-66-63-60-58-56-54-52-50-48-46-43-30-28-26-24-22-20-18-16-14-11-8-5-2/h8,11,16,18,22,24,28,30,72H,4-7,9-10,12-15,17,19-21,23,25-27,29,31-71H2,1-3H3/b11-8-,18-16-,24-22-,30-28-. The molecule has 6 nitrogen and oxygen atoms in total. The van der Waals surface area contributed by atoms with Gasteiger partial charge >= 0.3 is 17.9 Å². The lowest BCUT2D eigenvalue weighted by molar-refractivity contribution is -0.167. The van der Waals surface area contributed by atoms with Gasteiger partial charge in [0.15, 0.2) is 6.10 Å². The topological polar surface area (TPSA) is 78.9 Å². The van der Waals surface area contributed by atoms with Crippen molar-refractivity contribution < 1.29 is 28.6 Å².